The molecule has 2 aromatic rings. The van der Waals surface area contributed by atoms with Gasteiger partial charge >= 0.3 is 0 Å². The summed E-state index contributed by atoms with van der Waals surface area (Å²) < 4.78 is 5.73. The summed E-state index contributed by atoms with van der Waals surface area (Å²) in [6, 6.07) is 18.4. The molecule has 0 aliphatic heterocycles. The van der Waals surface area contributed by atoms with Gasteiger partial charge in [-0.05, 0) is 29.7 Å². The van der Waals surface area contributed by atoms with Gasteiger partial charge in [-0.1, -0.05) is 61.5 Å². The van der Waals surface area contributed by atoms with Crippen molar-refractivity contribution in [2.75, 3.05) is 0 Å². The molecule has 0 aromatic heterocycles. The lowest BCUT2D eigenvalue weighted by Gasteiger charge is -2.06. The third kappa shape index (κ3) is 3.77. The van der Waals surface area contributed by atoms with Crippen molar-refractivity contribution in [3.63, 3.8) is 0 Å². The lowest BCUT2D eigenvalue weighted by atomic mass is 10.2. The monoisotopic (exact) mass is 238 g/mol. The Hall–Kier alpha value is -2.02. The molecule has 2 rings (SSSR count). The van der Waals surface area contributed by atoms with Gasteiger partial charge in [0, 0.05) is 0 Å². The summed E-state index contributed by atoms with van der Waals surface area (Å²) in [5.41, 5.74) is 2.40. The van der Waals surface area contributed by atoms with E-state index >= 15 is 0 Å². The molecule has 0 saturated carbocycles. The number of benzene rings is 2. The minimum absolute atomic E-state index is 0.616. The van der Waals surface area contributed by atoms with Crippen LogP contribution in [0, 0.1) is 0 Å². The van der Waals surface area contributed by atoms with Gasteiger partial charge in [-0.2, -0.15) is 0 Å². The van der Waals surface area contributed by atoms with E-state index in [2.05, 4.69) is 43.3 Å². The molecule has 2 aromatic carbocycles. The zero-order valence-electron chi connectivity index (χ0n) is 10.7. The van der Waals surface area contributed by atoms with E-state index in [1.807, 2.05) is 30.3 Å². The number of rotatable bonds is 5. The zero-order valence-corrected chi connectivity index (χ0v) is 10.7. The van der Waals surface area contributed by atoms with E-state index < -0.39 is 0 Å². The predicted molar refractivity (Wildman–Crippen MR) is 76.5 cm³/mol. The largest absolute Gasteiger partial charge is 0.489 e. The van der Waals surface area contributed by atoms with Crippen LogP contribution in [-0.4, -0.2) is 0 Å². The molecule has 0 radical (unpaired) electrons. The first-order valence-electron chi connectivity index (χ1n) is 6.32. The summed E-state index contributed by atoms with van der Waals surface area (Å²) in [5.74, 6) is 0.910. The Morgan fingerprint density at radius 1 is 0.944 bits per heavy atom. The molecule has 0 aliphatic carbocycles. The lowest BCUT2D eigenvalue weighted by molar-refractivity contribution is 0.306. The maximum atomic E-state index is 5.73. The maximum Gasteiger partial charge on any atom is 0.119 e. The number of hydrogen-bond acceptors (Lipinski definition) is 1. The number of hydrogen-bond donors (Lipinski definition) is 0. The van der Waals surface area contributed by atoms with Crippen molar-refractivity contribution in [2.24, 2.45) is 0 Å². The highest BCUT2D eigenvalue weighted by molar-refractivity contribution is 5.50. The minimum atomic E-state index is 0.616. The van der Waals surface area contributed by atoms with E-state index in [1.54, 1.807) is 0 Å². The van der Waals surface area contributed by atoms with Crippen molar-refractivity contribution >= 4 is 6.08 Å². The van der Waals surface area contributed by atoms with Crippen molar-refractivity contribution in [2.45, 2.75) is 20.0 Å². The lowest BCUT2D eigenvalue weighted by Crippen LogP contribution is -1.94. The van der Waals surface area contributed by atoms with Gasteiger partial charge in [0.1, 0.15) is 12.4 Å². The fourth-order valence-corrected chi connectivity index (χ4v) is 1.67. The van der Waals surface area contributed by atoms with E-state index in [9.17, 15) is 0 Å². The Bertz CT molecular complexity index is 483. The fourth-order valence-electron chi connectivity index (χ4n) is 1.67. The summed E-state index contributed by atoms with van der Waals surface area (Å²) in [6.45, 7) is 2.75. The molecular weight excluding hydrogens is 220 g/mol. The zero-order chi connectivity index (χ0) is 12.6. The molecule has 0 bridgehead atoms. The molecule has 1 nitrogen and oxygen atoms in total. The van der Waals surface area contributed by atoms with Crippen molar-refractivity contribution in [3.05, 3.63) is 71.8 Å². The van der Waals surface area contributed by atoms with Gasteiger partial charge in [0.2, 0.25) is 0 Å². The Labute approximate surface area is 109 Å². The van der Waals surface area contributed by atoms with Crippen LogP contribution < -0.4 is 4.74 Å². The average molecular weight is 238 g/mol. The van der Waals surface area contributed by atoms with E-state index in [1.165, 1.54) is 11.1 Å². The second-order valence-electron chi connectivity index (χ2n) is 4.15. The molecule has 0 N–H and O–H groups in total. The number of ether oxygens (including phenoxy) is 1. The van der Waals surface area contributed by atoms with Gasteiger partial charge < -0.3 is 4.74 Å². The van der Waals surface area contributed by atoms with E-state index in [-0.39, 0.29) is 0 Å². The molecule has 92 valence electrons. The van der Waals surface area contributed by atoms with Crippen LogP contribution in [0.2, 0.25) is 0 Å². The Balaban J connectivity index is 1.92. The van der Waals surface area contributed by atoms with Crippen molar-refractivity contribution < 1.29 is 4.74 Å². The summed E-state index contributed by atoms with van der Waals surface area (Å²) >= 11 is 0. The summed E-state index contributed by atoms with van der Waals surface area (Å²) in [6.07, 6.45) is 5.34. The highest BCUT2D eigenvalue weighted by Gasteiger charge is 1.95. The standard InChI is InChI=1S/C17H18O/c1-2-3-7-15-10-12-17(13-11-15)18-14-16-8-5-4-6-9-16/h3-13H,2,14H2,1H3. The Kier molecular flexibility index (Phi) is 4.60. The Morgan fingerprint density at radius 3 is 2.33 bits per heavy atom. The summed E-state index contributed by atoms with van der Waals surface area (Å²) in [7, 11) is 0. The smallest absolute Gasteiger partial charge is 0.119 e. The third-order valence-corrected chi connectivity index (χ3v) is 2.67. The Morgan fingerprint density at radius 2 is 1.67 bits per heavy atom. The molecule has 0 atom stereocenters. The van der Waals surface area contributed by atoms with Gasteiger partial charge in [-0.15, -0.1) is 0 Å². The van der Waals surface area contributed by atoms with Gasteiger partial charge in [-0.25, -0.2) is 0 Å². The molecule has 0 unspecified atom stereocenters. The van der Waals surface area contributed by atoms with Crippen molar-refractivity contribution in [1.29, 1.82) is 0 Å². The van der Waals surface area contributed by atoms with Crippen LogP contribution in [0.25, 0.3) is 6.08 Å². The second-order valence-corrected chi connectivity index (χ2v) is 4.15. The van der Waals surface area contributed by atoms with Crippen LogP contribution in [0.5, 0.6) is 5.75 Å². The van der Waals surface area contributed by atoms with Gasteiger partial charge in [0.05, 0.1) is 0 Å². The molecule has 0 heterocycles. The van der Waals surface area contributed by atoms with Crippen molar-refractivity contribution in [1.82, 2.24) is 0 Å². The minimum Gasteiger partial charge on any atom is -0.489 e. The predicted octanol–water partition coefficient (Wildman–Crippen LogP) is 4.69. The van der Waals surface area contributed by atoms with Crippen LogP contribution in [0.3, 0.4) is 0 Å². The average Bonchev–Trinajstić information content (AvgIpc) is 2.45. The first-order chi connectivity index (χ1) is 8.88. The molecule has 0 fully saturated rings. The quantitative estimate of drug-likeness (QED) is 0.734. The van der Waals surface area contributed by atoms with Gasteiger partial charge in [0.15, 0.2) is 0 Å². The molecule has 1 heteroatoms. The van der Waals surface area contributed by atoms with Crippen LogP contribution in [-0.2, 0) is 6.61 Å². The second kappa shape index (κ2) is 6.65. The fraction of sp³-hybridized carbons (Fsp3) is 0.176. The van der Waals surface area contributed by atoms with Crippen LogP contribution in [0.4, 0.5) is 0 Å². The molecule has 0 spiro atoms. The molecule has 0 saturated heterocycles. The van der Waals surface area contributed by atoms with E-state index in [0.717, 1.165) is 12.2 Å². The molecule has 0 aliphatic rings. The highest BCUT2D eigenvalue weighted by Crippen LogP contribution is 2.15. The van der Waals surface area contributed by atoms with Crippen LogP contribution in [0.1, 0.15) is 24.5 Å². The molecule has 18 heavy (non-hydrogen) atoms. The first-order valence-corrected chi connectivity index (χ1v) is 6.32. The molecular formula is C17H18O. The van der Waals surface area contributed by atoms with Gasteiger partial charge in [0.25, 0.3) is 0 Å². The normalized spacial score (nSPS) is 10.7. The summed E-state index contributed by atoms with van der Waals surface area (Å²) in [5, 5.41) is 0. The maximum absolute atomic E-state index is 5.73. The third-order valence-electron chi connectivity index (χ3n) is 2.67. The van der Waals surface area contributed by atoms with Crippen LogP contribution in [0.15, 0.2) is 60.7 Å². The van der Waals surface area contributed by atoms with Crippen LogP contribution >= 0.6 is 0 Å². The molecule has 0 amide bonds. The highest BCUT2D eigenvalue weighted by atomic mass is 16.5. The van der Waals surface area contributed by atoms with E-state index in [0.29, 0.717) is 6.61 Å². The number of allylic oxidation sites excluding steroid dienone is 1. The topological polar surface area (TPSA) is 9.23 Å². The first kappa shape index (κ1) is 12.4. The van der Waals surface area contributed by atoms with Crippen molar-refractivity contribution in [3.8, 4) is 5.75 Å². The SMILES string of the molecule is CCC=Cc1ccc(OCc2ccccc2)cc1. The van der Waals surface area contributed by atoms with Gasteiger partial charge in [-0.3, -0.25) is 0 Å². The summed E-state index contributed by atoms with van der Waals surface area (Å²) in [4.78, 5) is 0. The van der Waals surface area contributed by atoms with E-state index in [4.69, 9.17) is 4.74 Å².